The van der Waals surface area contributed by atoms with E-state index in [9.17, 15) is 9.90 Å². The molecule has 2 heterocycles. The van der Waals surface area contributed by atoms with Crippen molar-refractivity contribution in [2.75, 3.05) is 6.54 Å². The minimum absolute atomic E-state index is 0.136. The normalized spacial score (nSPS) is 16.7. The van der Waals surface area contributed by atoms with Gasteiger partial charge >= 0.3 is 0 Å². The highest BCUT2D eigenvalue weighted by Gasteiger charge is 2.34. The van der Waals surface area contributed by atoms with Gasteiger partial charge in [-0.05, 0) is 37.6 Å². The van der Waals surface area contributed by atoms with Crippen molar-refractivity contribution in [1.29, 1.82) is 0 Å². The maximum atomic E-state index is 12.2. The van der Waals surface area contributed by atoms with Gasteiger partial charge in [0.2, 0.25) is 0 Å². The van der Waals surface area contributed by atoms with E-state index in [0.29, 0.717) is 11.4 Å². The standard InChI is InChI=1S/C14H16N2O2S2/c1-9-11(12(17)15-8-14(18)5-3-6-14)20-13(16-9)10-4-2-7-19-10/h2,4,7,18H,3,5-6,8H2,1H3,(H,15,17). The molecule has 1 amide bonds. The molecule has 3 rings (SSSR count). The van der Waals surface area contributed by atoms with Crippen LogP contribution in [0.3, 0.4) is 0 Å². The second kappa shape index (κ2) is 5.27. The van der Waals surface area contributed by atoms with Crippen molar-refractivity contribution in [3.63, 3.8) is 0 Å². The van der Waals surface area contributed by atoms with Crippen LogP contribution in [0, 0.1) is 6.92 Å². The Hall–Kier alpha value is -1.24. The number of rotatable bonds is 4. The maximum absolute atomic E-state index is 12.2. The average molecular weight is 308 g/mol. The van der Waals surface area contributed by atoms with Gasteiger partial charge < -0.3 is 10.4 Å². The highest BCUT2D eigenvalue weighted by atomic mass is 32.1. The Morgan fingerprint density at radius 2 is 2.35 bits per heavy atom. The summed E-state index contributed by atoms with van der Waals surface area (Å²) in [5.74, 6) is -0.136. The lowest BCUT2D eigenvalue weighted by Gasteiger charge is -2.36. The van der Waals surface area contributed by atoms with Crippen molar-refractivity contribution in [3.8, 4) is 9.88 Å². The van der Waals surface area contributed by atoms with E-state index in [1.54, 1.807) is 11.3 Å². The van der Waals surface area contributed by atoms with E-state index in [1.165, 1.54) is 11.3 Å². The lowest BCUT2D eigenvalue weighted by Crippen LogP contribution is -2.47. The van der Waals surface area contributed by atoms with E-state index < -0.39 is 5.60 Å². The lowest BCUT2D eigenvalue weighted by molar-refractivity contribution is -0.0300. The maximum Gasteiger partial charge on any atom is 0.263 e. The second-order valence-corrected chi connectivity index (χ2v) is 7.12. The fourth-order valence-electron chi connectivity index (χ4n) is 2.20. The van der Waals surface area contributed by atoms with Crippen LogP contribution < -0.4 is 5.32 Å². The Morgan fingerprint density at radius 1 is 1.55 bits per heavy atom. The second-order valence-electron chi connectivity index (χ2n) is 5.17. The molecule has 20 heavy (non-hydrogen) atoms. The Morgan fingerprint density at radius 3 is 2.95 bits per heavy atom. The zero-order chi connectivity index (χ0) is 14.2. The topological polar surface area (TPSA) is 62.2 Å². The van der Waals surface area contributed by atoms with E-state index in [4.69, 9.17) is 0 Å². The molecule has 1 aliphatic carbocycles. The number of aryl methyl sites for hydroxylation is 1. The van der Waals surface area contributed by atoms with Crippen LogP contribution in [0.1, 0.15) is 34.6 Å². The van der Waals surface area contributed by atoms with Crippen LogP contribution in [-0.2, 0) is 0 Å². The SMILES string of the molecule is Cc1nc(-c2cccs2)sc1C(=O)NCC1(O)CCC1. The summed E-state index contributed by atoms with van der Waals surface area (Å²) in [6, 6.07) is 3.98. The number of aromatic nitrogens is 1. The van der Waals surface area contributed by atoms with Crippen LogP contribution in [0.25, 0.3) is 9.88 Å². The summed E-state index contributed by atoms with van der Waals surface area (Å²) in [5, 5.41) is 15.7. The predicted molar refractivity (Wildman–Crippen MR) is 81.3 cm³/mol. The molecule has 4 nitrogen and oxygen atoms in total. The number of thiophene rings is 1. The minimum Gasteiger partial charge on any atom is -0.388 e. The molecule has 0 spiro atoms. The van der Waals surface area contributed by atoms with E-state index in [-0.39, 0.29) is 5.91 Å². The fraction of sp³-hybridized carbons (Fsp3) is 0.429. The summed E-state index contributed by atoms with van der Waals surface area (Å²) in [6.45, 7) is 2.18. The number of hydrogen-bond donors (Lipinski definition) is 2. The molecule has 1 aliphatic rings. The summed E-state index contributed by atoms with van der Waals surface area (Å²) < 4.78 is 0. The molecule has 0 radical (unpaired) electrons. The van der Waals surface area contributed by atoms with E-state index in [0.717, 1.165) is 34.8 Å². The van der Waals surface area contributed by atoms with E-state index >= 15 is 0 Å². The van der Waals surface area contributed by atoms with Crippen LogP contribution in [0.2, 0.25) is 0 Å². The molecule has 0 aliphatic heterocycles. The quantitative estimate of drug-likeness (QED) is 0.913. The zero-order valence-corrected chi connectivity index (χ0v) is 12.8. The van der Waals surface area contributed by atoms with Gasteiger partial charge in [-0.25, -0.2) is 4.98 Å². The third-order valence-corrected chi connectivity index (χ3v) is 5.79. The molecular formula is C14H16N2O2S2. The molecule has 106 valence electrons. The molecule has 2 aromatic heterocycles. The number of carbonyl (C=O) groups excluding carboxylic acids is 1. The van der Waals surface area contributed by atoms with Crippen LogP contribution in [0.5, 0.6) is 0 Å². The summed E-state index contributed by atoms with van der Waals surface area (Å²) in [4.78, 5) is 18.4. The summed E-state index contributed by atoms with van der Waals surface area (Å²) in [5.41, 5.74) is 0.0571. The van der Waals surface area contributed by atoms with Crippen LogP contribution in [0.15, 0.2) is 17.5 Å². The molecule has 0 atom stereocenters. The first kappa shape index (κ1) is 13.7. The number of hydrogen-bond acceptors (Lipinski definition) is 5. The molecule has 0 unspecified atom stereocenters. The van der Waals surface area contributed by atoms with E-state index in [2.05, 4.69) is 10.3 Å². The molecule has 1 saturated carbocycles. The molecule has 0 bridgehead atoms. The molecule has 6 heteroatoms. The smallest absolute Gasteiger partial charge is 0.263 e. The van der Waals surface area contributed by atoms with Gasteiger partial charge in [-0.15, -0.1) is 22.7 Å². The Kier molecular flexibility index (Phi) is 3.62. The first-order valence-corrected chi connectivity index (χ1v) is 8.29. The van der Waals surface area contributed by atoms with Crippen LogP contribution in [-0.4, -0.2) is 28.1 Å². The van der Waals surface area contributed by atoms with Gasteiger partial charge in [0.05, 0.1) is 16.2 Å². The Balaban J connectivity index is 1.71. The first-order chi connectivity index (χ1) is 9.57. The van der Waals surface area contributed by atoms with Gasteiger partial charge in [0.1, 0.15) is 9.88 Å². The number of aliphatic hydroxyl groups is 1. The van der Waals surface area contributed by atoms with Crippen molar-refractivity contribution in [2.45, 2.75) is 31.8 Å². The Labute approximate surface area is 125 Å². The Bertz CT molecular complexity index is 615. The number of nitrogens with one attached hydrogen (secondary N) is 1. The first-order valence-electron chi connectivity index (χ1n) is 6.59. The van der Waals surface area contributed by atoms with Gasteiger partial charge in [0.25, 0.3) is 5.91 Å². The number of carbonyl (C=O) groups is 1. The van der Waals surface area contributed by atoms with Gasteiger partial charge in [0, 0.05) is 6.54 Å². The van der Waals surface area contributed by atoms with Gasteiger partial charge in [-0.3, -0.25) is 4.79 Å². The molecule has 0 saturated heterocycles. The summed E-state index contributed by atoms with van der Waals surface area (Å²) in [7, 11) is 0. The third-order valence-electron chi connectivity index (χ3n) is 3.60. The van der Waals surface area contributed by atoms with E-state index in [1.807, 2.05) is 24.4 Å². The van der Waals surface area contributed by atoms with Crippen molar-refractivity contribution < 1.29 is 9.90 Å². The fourth-order valence-corrected chi connectivity index (χ4v) is 3.98. The highest BCUT2D eigenvalue weighted by Crippen LogP contribution is 2.32. The highest BCUT2D eigenvalue weighted by molar-refractivity contribution is 7.22. The predicted octanol–water partition coefficient (Wildman–Crippen LogP) is 2.82. The molecule has 1 fully saturated rings. The average Bonchev–Trinajstić information content (AvgIpc) is 3.02. The van der Waals surface area contributed by atoms with Gasteiger partial charge in [0.15, 0.2) is 0 Å². The van der Waals surface area contributed by atoms with Crippen molar-refractivity contribution in [3.05, 3.63) is 28.1 Å². The number of amides is 1. The largest absolute Gasteiger partial charge is 0.388 e. The van der Waals surface area contributed by atoms with Crippen molar-refractivity contribution in [2.24, 2.45) is 0 Å². The third kappa shape index (κ3) is 2.63. The monoisotopic (exact) mass is 308 g/mol. The van der Waals surface area contributed by atoms with Crippen molar-refractivity contribution >= 4 is 28.6 Å². The molecular weight excluding hydrogens is 292 g/mol. The van der Waals surface area contributed by atoms with Crippen LogP contribution >= 0.6 is 22.7 Å². The van der Waals surface area contributed by atoms with Gasteiger partial charge in [-0.2, -0.15) is 0 Å². The lowest BCUT2D eigenvalue weighted by atomic mass is 9.80. The number of thiazole rings is 1. The minimum atomic E-state index is -0.690. The van der Waals surface area contributed by atoms with Crippen LogP contribution in [0.4, 0.5) is 0 Å². The van der Waals surface area contributed by atoms with Gasteiger partial charge in [-0.1, -0.05) is 6.07 Å². The molecule has 2 N–H and O–H groups in total. The number of nitrogens with zero attached hydrogens (tertiary/aromatic N) is 1. The summed E-state index contributed by atoms with van der Waals surface area (Å²) in [6.07, 6.45) is 2.58. The molecule has 0 aromatic carbocycles. The molecule has 2 aromatic rings. The van der Waals surface area contributed by atoms with Crippen molar-refractivity contribution in [1.82, 2.24) is 10.3 Å². The zero-order valence-electron chi connectivity index (χ0n) is 11.2. The summed E-state index contributed by atoms with van der Waals surface area (Å²) >= 11 is 3.02.